The maximum Gasteiger partial charge on any atom is 0.322 e. The molecule has 6 heteroatoms. The van der Waals surface area contributed by atoms with Crippen LogP contribution in [0.2, 0.25) is 0 Å². The van der Waals surface area contributed by atoms with E-state index in [4.69, 9.17) is 5.11 Å². The number of hydrogen-bond acceptors (Lipinski definition) is 3. The molecule has 0 heterocycles. The van der Waals surface area contributed by atoms with E-state index in [9.17, 15) is 4.79 Å². The van der Waals surface area contributed by atoms with Gasteiger partial charge in [0, 0.05) is 21.5 Å². The molecule has 0 amide bonds. The number of halogens is 2. The molecule has 0 bridgehead atoms. The predicted octanol–water partition coefficient (Wildman–Crippen LogP) is 4.47. The number of nitrogens with one attached hydrogen (secondary N) is 1. The van der Waals surface area contributed by atoms with Gasteiger partial charge in [-0.05, 0) is 53.5 Å². The lowest BCUT2D eigenvalue weighted by Crippen LogP contribution is -2.33. The zero-order valence-electron chi connectivity index (χ0n) is 12.7. The number of carboxylic acid groups (broad SMARTS) is 1. The second-order valence-corrected chi connectivity index (χ2v) is 7.65. The summed E-state index contributed by atoms with van der Waals surface area (Å²) in [4.78, 5) is 13.2. The third-order valence-electron chi connectivity index (χ3n) is 4.17. The van der Waals surface area contributed by atoms with Gasteiger partial charge in [0.05, 0.1) is 5.69 Å². The number of nitrogens with zero attached hydrogens (tertiary/aromatic N) is 1. The van der Waals surface area contributed by atoms with E-state index in [0.29, 0.717) is 6.04 Å². The minimum Gasteiger partial charge on any atom is -0.480 e. The molecule has 0 radical (unpaired) electrons. The molecule has 2 N–H and O–H groups in total. The van der Waals surface area contributed by atoms with Crippen LogP contribution in [0, 0.1) is 0 Å². The molecular weight excluding hydrogens is 412 g/mol. The summed E-state index contributed by atoms with van der Waals surface area (Å²) < 4.78 is 1.88. The van der Waals surface area contributed by atoms with Crippen molar-refractivity contribution in [2.45, 2.75) is 44.7 Å². The van der Waals surface area contributed by atoms with Crippen molar-refractivity contribution in [1.29, 1.82) is 0 Å². The van der Waals surface area contributed by atoms with Crippen LogP contribution in [-0.2, 0) is 11.3 Å². The second kappa shape index (κ2) is 8.31. The first-order chi connectivity index (χ1) is 10.5. The topological polar surface area (TPSA) is 52.6 Å². The fourth-order valence-electron chi connectivity index (χ4n) is 3.03. The number of benzene rings is 1. The summed E-state index contributed by atoms with van der Waals surface area (Å²) in [6, 6.07) is 4.63. The molecule has 0 saturated heterocycles. The SMILES string of the molecule is CN(Cc1cc(Br)cc(Br)c1NCC(=O)O)C1CCCCC1. The molecule has 4 nitrogen and oxygen atoms in total. The number of rotatable bonds is 6. The first-order valence-electron chi connectivity index (χ1n) is 7.61. The number of aliphatic carboxylic acids is 1. The van der Waals surface area contributed by atoms with Gasteiger partial charge in [0.25, 0.3) is 0 Å². The maximum atomic E-state index is 10.8. The van der Waals surface area contributed by atoms with Gasteiger partial charge in [0.1, 0.15) is 6.54 Å². The van der Waals surface area contributed by atoms with E-state index < -0.39 is 5.97 Å². The van der Waals surface area contributed by atoms with Gasteiger partial charge in [-0.15, -0.1) is 0 Å². The van der Waals surface area contributed by atoms with Gasteiger partial charge in [-0.3, -0.25) is 9.69 Å². The summed E-state index contributed by atoms with van der Waals surface area (Å²) in [6.07, 6.45) is 6.47. The van der Waals surface area contributed by atoms with Gasteiger partial charge < -0.3 is 10.4 Å². The summed E-state index contributed by atoms with van der Waals surface area (Å²) >= 11 is 7.05. The molecule has 22 heavy (non-hydrogen) atoms. The number of hydrogen-bond donors (Lipinski definition) is 2. The Bertz CT molecular complexity index is 531. The Balaban J connectivity index is 2.14. The highest BCUT2D eigenvalue weighted by Crippen LogP contribution is 2.32. The quantitative estimate of drug-likeness (QED) is 0.694. The molecule has 0 atom stereocenters. The lowest BCUT2D eigenvalue weighted by molar-refractivity contribution is -0.134. The smallest absolute Gasteiger partial charge is 0.322 e. The largest absolute Gasteiger partial charge is 0.480 e. The molecule has 0 spiro atoms. The molecule has 2 rings (SSSR count). The zero-order valence-corrected chi connectivity index (χ0v) is 15.9. The van der Waals surface area contributed by atoms with E-state index in [1.54, 1.807) is 0 Å². The third kappa shape index (κ3) is 4.96. The summed E-state index contributed by atoms with van der Waals surface area (Å²) in [5.74, 6) is -0.860. The van der Waals surface area contributed by atoms with Gasteiger partial charge in [-0.2, -0.15) is 0 Å². The standard InChI is InChI=1S/C16H22Br2N2O2/c1-20(13-5-3-2-4-6-13)10-11-7-12(17)8-14(18)16(11)19-9-15(21)22/h7-8,13,19H,2-6,9-10H2,1H3,(H,21,22). The highest BCUT2D eigenvalue weighted by Gasteiger charge is 2.20. The van der Waals surface area contributed by atoms with E-state index in [0.717, 1.165) is 26.7 Å². The van der Waals surface area contributed by atoms with Crippen LogP contribution in [0.25, 0.3) is 0 Å². The van der Waals surface area contributed by atoms with Crippen molar-refractivity contribution in [2.75, 3.05) is 18.9 Å². The molecule has 1 aliphatic carbocycles. The van der Waals surface area contributed by atoms with Crippen molar-refractivity contribution < 1.29 is 9.90 Å². The van der Waals surface area contributed by atoms with E-state index in [-0.39, 0.29) is 6.54 Å². The second-order valence-electron chi connectivity index (χ2n) is 5.88. The Morgan fingerprint density at radius 1 is 1.32 bits per heavy atom. The molecule has 1 saturated carbocycles. The Hall–Kier alpha value is -0.590. The van der Waals surface area contributed by atoms with E-state index in [2.05, 4.69) is 55.2 Å². The first-order valence-corrected chi connectivity index (χ1v) is 9.20. The molecule has 0 aromatic heterocycles. The fourth-order valence-corrected chi connectivity index (χ4v) is 4.49. The summed E-state index contributed by atoms with van der Waals surface area (Å²) in [7, 11) is 2.16. The summed E-state index contributed by atoms with van der Waals surface area (Å²) in [6.45, 7) is 0.727. The van der Waals surface area contributed by atoms with Crippen molar-refractivity contribution in [3.05, 3.63) is 26.6 Å². The predicted molar refractivity (Wildman–Crippen MR) is 96.3 cm³/mol. The molecule has 1 aromatic rings. The molecule has 0 unspecified atom stereocenters. The van der Waals surface area contributed by atoms with Gasteiger partial charge in [0.15, 0.2) is 0 Å². The van der Waals surface area contributed by atoms with Crippen LogP contribution in [0.5, 0.6) is 0 Å². The van der Waals surface area contributed by atoms with Crippen LogP contribution in [0.15, 0.2) is 21.1 Å². The monoisotopic (exact) mass is 432 g/mol. The number of carboxylic acids is 1. The lowest BCUT2D eigenvalue weighted by Gasteiger charge is -2.32. The number of anilines is 1. The molecular formula is C16H22Br2N2O2. The van der Waals surface area contributed by atoms with Crippen LogP contribution in [0.1, 0.15) is 37.7 Å². The van der Waals surface area contributed by atoms with Crippen LogP contribution < -0.4 is 5.32 Å². The zero-order chi connectivity index (χ0) is 16.1. The van der Waals surface area contributed by atoms with Crippen LogP contribution in [0.3, 0.4) is 0 Å². The van der Waals surface area contributed by atoms with Crippen LogP contribution >= 0.6 is 31.9 Å². The van der Waals surface area contributed by atoms with Gasteiger partial charge >= 0.3 is 5.97 Å². The van der Waals surface area contributed by atoms with Crippen molar-refractivity contribution in [3.63, 3.8) is 0 Å². The average molecular weight is 434 g/mol. The normalized spacial score (nSPS) is 16.0. The molecule has 1 fully saturated rings. The van der Waals surface area contributed by atoms with E-state index in [1.165, 1.54) is 32.1 Å². The van der Waals surface area contributed by atoms with Gasteiger partial charge in [0.2, 0.25) is 0 Å². The summed E-state index contributed by atoms with van der Waals surface area (Å²) in [5, 5.41) is 11.9. The van der Waals surface area contributed by atoms with Gasteiger partial charge in [-0.1, -0.05) is 35.2 Å². The Morgan fingerprint density at radius 2 is 2.00 bits per heavy atom. The van der Waals surface area contributed by atoms with Crippen molar-refractivity contribution >= 4 is 43.5 Å². The Morgan fingerprint density at radius 3 is 2.64 bits per heavy atom. The maximum absolute atomic E-state index is 10.8. The molecule has 1 aliphatic rings. The molecule has 0 aliphatic heterocycles. The van der Waals surface area contributed by atoms with Crippen molar-refractivity contribution in [3.8, 4) is 0 Å². The van der Waals surface area contributed by atoms with Crippen molar-refractivity contribution in [1.82, 2.24) is 4.90 Å². The van der Waals surface area contributed by atoms with Crippen molar-refractivity contribution in [2.24, 2.45) is 0 Å². The average Bonchev–Trinajstić information content (AvgIpc) is 2.46. The first kappa shape index (κ1) is 17.8. The fraction of sp³-hybridized carbons (Fsp3) is 0.562. The highest BCUT2D eigenvalue weighted by molar-refractivity contribution is 9.11. The van der Waals surface area contributed by atoms with E-state index in [1.807, 2.05) is 6.07 Å². The van der Waals surface area contributed by atoms with E-state index >= 15 is 0 Å². The Labute approximate surface area is 148 Å². The van der Waals surface area contributed by atoms with Gasteiger partial charge in [-0.25, -0.2) is 0 Å². The minimum atomic E-state index is -0.860. The van der Waals surface area contributed by atoms with Crippen LogP contribution in [-0.4, -0.2) is 35.6 Å². The molecule has 122 valence electrons. The lowest BCUT2D eigenvalue weighted by atomic mass is 9.94. The Kier molecular flexibility index (Phi) is 6.71. The molecule has 1 aromatic carbocycles. The third-order valence-corrected chi connectivity index (χ3v) is 5.25. The summed E-state index contributed by atoms with van der Waals surface area (Å²) in [5.41, 5.74) is 1.98. The highest BCUT2D eigenvalue weighted by atomic mass is 79.9. The number of carbonyl (C=O) groups is 1. The minimum absolute atomic E-state index is 0.0830. The van der Waals surface area contributed by atoms with Crippen LogP contribution in [0.4, 0.5) is 5.69 Å².